The van der Waals surface area contributed by atoms with Crippen LogP contribution in [0.25, 0.3) is 0 Å². The van der Waals surface area contributed by atoms with Crippen molar-refractivity contribution in [1.82, 2.24) is 15.6 Å². The van der Waals surface area contributed by atoms with Gasteiger partial charge in [0.2, 0.25) is 5.91 Å². The normalized spacial score (nSPS) is 13.0. The summed E-state index contributed by atoms with van der Waals surface area (Å²) in [5, 5.41) is 14.7. The first kappa shape index (κ1) is 23.9. The molecule has 0 unspecified atom stereocenters. The molecule has 1 aromatic heterocycles. The van der Waals surface area contributed by atoms with Gasteiger partial charge in [-0.2, -0.15) is 0 Å². The third-order valence-electron chi connectivity index (χ3n) is 4.38. The lowest BCUT2D eigenvalue weighted by Gasteiger charge is -2.24. The van der Waals surface area contributed by atoms with Crippen LogP contribution in [0.1, 0.15) is 38.3 Å². The zero-order chi connectivity index (χ0) is 22.9. The van der Waals surface area contributed by atoms with E-state index in [1.165, 1.54) is 0 Å². The van der Waals surface area contributed by atoms with Gasteiger partial charge in [0, 0.05) is 18.8 Å². The third-order valence-corrected chi connectivity index (χ3v) is 4.38. The fraction of sp³-hybridized carbons (Fsp3) is 0.391. The van der Waals surface area contributed by atoms with Gasteiger partial charge in [0.15, 0.2) is 0 Å². The number of aryl methyl sites for hydroxylation is 1. The number of rotatable bonds is 9. The fourth-order valence-corrected chi connectivity index (χ4v) is 2.90. The van der Waals surface area contributed by atoms with Crippen molar-refractivity contribution in [3.63, 3.8) is 0 Å². The van der Waals surface area contributed by atoms with Gasteiger partial charge in [-0.3, -0.25) is 9.78 Å². The molecule has 31 heavy (non-hydrogen) atoms. The van der Waals surface area contributed by atoms with Crippen LogP contribution >= 0.6 is 0 Å². The molecular formula is C23H29N3O5. The van der Waals surface area contributed by atoms with Gasteiger partial charge in [-0.05, 0) is 56.9 Å². The van der Waals surface area contributed by atoms with Crippen molar-refractivity contribution in [2.45, 2.75) is 57.7 Å². The summed E-state index contributed by atoms with van der Waals surface area (Å²) in [6.45, 7) is 5.17. The molecule has 2 atom stereocenters. The van der Waals surface area contributed by atoms with Crippen LogP contribution in [0.3, 0.4) is 0 Å². The van der Waals surface area contributed by atoms with Gasteiger partial charge in [0.25, 0.3) is 0 Å². The van der Waals surface area contributed by atoms with E-state index in [2.05, 4.69) is 15.6 Å². The number of carboxylic acids is 1. The zero-order valence-electron chi connectivity index (χ0n) is 18.0. The largest absolute Gasteiger partial charge is 0.480 e. The minimum Gasteiger partial charge on any atom is -0.480 e. The van der Waals surface area contributed by atoms with Crippen molar-refractivity contribution >= 4 is 18.0 Å². The summed E-state index contributed by atoms with van der Waals surface area (Å²) in [4.78, 5) is 40.8. The minimum absolute atomic E-state index is 0.0986. The second kappa shape index (κ2) is 11.1. The SMILES string of the molecule is CC(C)(C)OC(=O)N[C@@H](CCc1ccccc1)C(=O)N[C@@H](Cc1ccncc1)C(=O)O. The maximum atomic E-state index is 12.9. The molecule has 0 aliphatic rings. The van der Waals surface area contributed by atoms with E-state index in [1.54, 1.807) is 45.3 Å². The van der Waals surface area contributed by atoms with E-state index in [9.17, 15) is 19.5 Å². The summed E-state index contributed by atoms with van der Waals surface area (Å²) in [7, 11) is 0. The van der Waals surface area contributed by atoms with E-state index in [-0.39, 0.29) is 12.8 Å². The maximum absolute atomic E-state index is 12.9. The number of hydrogen-bond donors (Lipinski definition) is 3. The quantitative estimate of drug-likeness (QED) is 0.566. The monoisotopic (exact) mass is 427 g/mol. The van der Waals surface area contributed by atoms with Crippen LogP contribution in [0.5, 0.6) is 0 Å². The van der Waals surface area contributed by atoms with E-state index >= 15 is 0 Å². The fourth-order valence-electron chi connectivity index (χ4n) is 2.90. The van der Waals surface area contributed by atoms with Crippen molar-refractivity contribution in [2.24, 2.45) is 0 Å². The van der Waals surface area contributed by atoms with Gasteiger partial charge in [-0.25, -0.2) is 9.59 Å². The van der Waals surface area contributed by atoms with Crippen LogP contribution in [0.15, 0.2) is 54.9 Å². The third kappa shape index (κ3) is 8.86. The molecular weight excluding hydrogens is 398 g/mol. The molecule has 0 saturated heterocycles. The second-order valence-corrected chi connectivity index (χ2v) is 8.18. The molecule has 0 bridgehead atoms. The number of carboxylic acid groups (broad SMARTS) is 1. The maximum Gasteiger partial charge on any atom is 0.408 e. The molecule has 0 saturated carbocycles. The number of hydrogen-bond acceptors (Lipinski definition) is 5. The Bertz CT molecular complexity index is 866. The lowest BCUT2D eigenvalue weighted by atomic mass is 10.0. The van der Waals surface area contributed by atoms with E-state index < -0.39 is 35.7 Å². The number of aromatic nitrogens is 1. The molecule has 2 amide bonds. The Balaban J connectivity index is 2.10. The van der Waals surface area contributed by atoms with Crippen molar-refractivity contribution in [3.8, 4) is 0 Å². The minimum atomic E-state index is -1.16. The van der Waals surface area contributed by atoms with Crippen LogP contribution in [-0.2, 0) is 27.2 Å². The predicted molar refractivity (Wildman–Crippen MR) is 115 cm³/mol. The molecule has 1 heterocycles. The van der Waals surface area contributed by atoms with Crippen LogP contribution in [-0.4, -0.2) is 45.7 Å². The van der Waals surface area contributed by atoms with Gasteiger partial charge < -0.3 is 20.5 Å². The summed E-state index contributed by atoms with van der Waals surface area (Å²) in [6, 6.07) is 10.8. The van der Waals surface area contributed by atoms with E-state index in [0.717, 1.165) is 11.1 Å². The highest BCUT2D eigenvalue weighted by Gasteiger charge is 2.28. The van der Waals surface area contributed by atoms with Crippen LogP contribution in [0.2, 0.25) is 0 Å². The average molecular weight is 428 g/mol. The molecule has 3 N–H and O–H groups in total. The smallest absolute Gasteiger partial charge is 0.408 e. The average Bonchev–Trinajstić information content (AvgIpc) is 2.70. The molecule has 8 nitrogen and oxygen atoms in total. The Morgan fingerprint density at radius 1 is 0.968 bits per heavy atom. The van der Waals surface area contributed by atoms with E-state index in [1.807, 2.05) is 30.3 Å². The summed E-state index contributed by atoms with van der Waals surface area (Å²) in [5.41, 5.74) is 0.997. The Morgan fingerprint density at radius 2 is 1.61 bits per heavy atom. The first-order valence-electron chi connectivity index (χ1n) is 10.1. The van der Waals surface area contributed by atoms with Gasteiger partial charge in [-0.1, -0.05) is 30.3 Å². The molecule has 0 aliphatic heterocycles. The molecule has 0 radical (unpaired) electrons. The molecule has 8 heteroatoms. The second-order valence-electron chi connectivity index (χ2n) is 8.18. The predicted octanol–water partition coefficient (Wildman–Crippen LogP) is 2.72. The zero-order valence-corrected chi connectivity index (χ0v) is 18.0. The van der Waals surface area contributed by atoms with Gasteiger partial charge in [0.1, 0.15) is 17.7 Å². The lowest BCUT2D eigenvalue weighted by Crippen LogP contribution is -2.53. The standard InChI is InChI=1S/C23H29N3O5/c1-23(2,3)31-22(30)26-18(10-9-16-7-5-4-6-8-16)20(27)25-19(21(28)29)15-17-11-13-24-14-12-17/h4-8,11-14,18-19H,9-10,15H2,1-3H3,(H,25,27)(H,26,30)(H,28,29)/t18-,19-/m0/s1. The van der Waals surface area contributed by atoms with Crippen molar-refractivity contribution in [3.05, 3.63) is 66.0 Å². The number of nitrogens with one attached hydrogen (secondary N) is 2. The number of amides is 2. The van der Waals surface area contributed by atoms with Crippen LogP contribution < -0.4 is 10.6 Å². The van der Waals surface area contributed by atoms with E-state index in [0.29, 0.717) is 6.42 Å². The molecule has 166 valence electrons. The van der Waals surface area contributed by atoms with Crippen molar-refractivity contribution in [1.29, 1.82) is 0 Å². The number of benzene rings is 1. The highest BCUT2D eigenvalue weighted by molar-refractivity contribution is 5.89. The number of carbonyl (C=O) groups is 3. The number of nitrogens with zero attached hydrogens (tertiary/aromatic N) is 1. The van der Waals surface area contributed by atoms with Crippen molar-refractivity contribution in [2.75, 3.05) is 0 Å². The lowest BCUT2D eigenvalue weighted by molar-refractivity contribution is -0.142. The highest BCUT2D eigenvalue weighted by atomic mass is 16.6. The number of alkyl carbamates (subject to hydrolysis) is 1. The van der Waals surface area contributed by atoms with Gasteiger partial charge in [0.05, 0.1) is 0 Å². The first-order valence-corrected chi connectivity index (χ1v) is 10.1. The topological polar surface area (TPSA) is 118 Å². The molecule has 2 aromatic rings. The van der Waals surface area contributed by atoms with Crippen molar-refractivity contribution < 1.29 is 24.2 Å². The number of pyridine rings is 1. The molecule has 0 spiro atoms. The number of carbonyl (C=O) groups excluding carboxylic acids is 2. The molecule has 0 fully saturated rings. The van der Waals surface area contributed by atoms with Gasteiger partial charge >= 0.3 is 12.1 Å². The van der Waals surface area contributed by atoms with Gasteiger partial charge in [-0.15, -0.1) is 0 Å². The summed E-state index contributed by atoms with van der Waals surface area (Å²) >= 11 is 0. The Hall–Kier alpha value is -3.42. The Morgan fingerprint density at radius 3 is 2.19 bits per heavy atom. The number of aliphatic carboxylic acids is 1. The highest BCUT2D eigenvalue weighted by Crippen LogP contribution is 2.10. The Labute approximate surface area is 182 Å². The molecule has 0 aliphatic carbocycles. The molecule has 1 aromatic carbocycles. The first-order chi connectivity index (χ1) is 14.6. The molecule has 2 rings (SSSR count). The van der Waals surface area contributed by atoms with Crippen LogP contribution in [0, 0.1) is 0 Å². The number of ether oxygens (including phenoxy) is 1. The summed E-state index contributed by atoms with van der Waals surface area (Å²) in [5.74, 6) is -1.74. The summed E-state index contributed by atoms with van der Waals surface area (Å²) < 4.78 is 5.27. The summed E-state index contributed by atoms with van der Waals surface area (Å²) in [6.07, 6.45) is 3.29. The van der Waals surface area contributed by atoms with E-state index in [4.69, 9.17) is 4.74 Å². The van der Waals surface area contributed by atoms with Crippen LogP contribution in [0.4, 0.5) is 4.79 Å². The Kier molecular flexibility index (Phi) is 8.54.